The SMILES string of the molecule is CC1C(CSc2nnnn2-c2ccccc2)OC(c2ccc(-c3cccc(CNC(=O)Nc4ccc(Oc5ccccc5)cc4)c3)cc2)OC1c1ccc(CO)cc1. The highest BCUT2D eigenvalue weighted by molar-refractivity contribution is 7.99. The van der Waals surface area contributed by atoms with Gasteiger partial charge in [0.2, 0.25) is 5.16 Å². The predicted octanol–water partition coefficient (Wildman–Crippen LogP) is 9.52. The van der Waals surface area contributed by atoms with Crippen molar-refractivity contribution in [1.29, 1.82) is 0 Å². The molecule has 0 saturated carbocycles. The quantitative estimate of drug-likeness (QED) is 0.0978. The number of nitrogens with one attached hydrogen (secondary N) is 2. The highest BCUT2D eigenvalue weighted by Gasteiger charge is 2.38. The van der Waals surface area contributed by atoms with Gasteiger partial charge in [-0.15, -0.1) is 5.10 Å². The van der Waals surface area contributed by atoms with Crippen LogP contribution < -0.4 is 15.4 Å². The number of thioether (sulfide) groups is 1. The number of aliphatic hydroxyl groups excluding tert-OH is 1. The summed E-state index contributed by atoms with van der Waals surface area (Å²) >= 11 is 1.55. The molecule has 7 aromatic rings. The van der Waals surface area contributed by atoms with Gasteiger partial charge in [-0.25, -0.2) is 4.79 Å². The van der Waals surface area contributed by atoms with Crippen molar-refractivity contribution in [2.24, 2.45) is 5.92 Å². The number of amides is 2. The number of aliphatic hydroxyl groups is 1. The molecule has 1 aliphatic heterocycles. The number of carbonyl (C=O) groups excluding carboxylic acids is 1. The fraction of sp³-hybridized carbons (Fsp3) is 0.174. The fourth-order valence-electron chi connectivity index (χ4n) is 6.75. The molecule has 8 rings (SSSR count). The number of hydrogen-bond donors (Lipinski definition) is 3. The molecular formula is C46H42N6O5S. The van der Waals surface area contributed by atoms with Crippen LogP contribution in [-0.2, 0) is 22.6 Å². The summed E-state index contributed by atoms with van der Waals surface area (Å²) in [7, 11) is 0. The number of anilines is 1. The first kappa shape index (κ1) is 38.6. The lowest BCUT2D eigenvalue weighted by molar-refractivity contribution is -0.268. The maximum Gasteiger partial charge on any atom is 0.319 e. The van der Waals surface area contributed by atoms with Gasteiger partial charge < -0.3 is 30.0 Å². The van der Waals surface area contributed by atoms with Crippen LogP contribution in [0.15, 0.2) is 163 Å². The van der Waals surface area contributed by atoms with E-state index in [0.717, 1.165) is 44.8 Å². The normalized spacial score (nSPS) is 17.7. The van der Waals surface area contributed by atoms with Crippen molar-refractivity contribution in [2.75, 3.05) is 11.1 Å². The Morgan fingerprint density at radius 2 is 1.47 bits per heavy atom. The van der Waals surface area contributed by atoms with Crippen molar-refractivity contribution < 1.29 is 24.1 Å². The molecule has 0 bridgehead atoms. The van der Waals surface area contributed by atoms with E-state index in [4.69, 9.17) is 14.2 Å². The third kappa shape index (κ3) is 9.44. The Labute approximate surface area is 341 Å². The number of benzene rings is 6. The molecule has 58 heavy (non-hydrogen) atoms. The molecule has 1 fully saturated rings. The number of urea groups is 1. The molecule has 4 unspecified atom stereocenters. The summed E-state index contributed by atoms with van der Waals surface area (Å²) in [6.07, 6.45) is -1.07. The zero-order valence-corrected chi connectivity index (χ0v) is 32.5. The maximum absolute atomic E-state index is 12.8. The Hall–Kier alpha value is -6.31. The molecule has 6 aromatic carbocycles. The van der Waals surface area contributed by atoms with Crippen LogP contribution in [-0.4, -0.2) is 43.2 Å². The number of rotatable bonds is 13. The van der Waals surface area contributed by atoms with Gasteiger partial charge in [0, 0.05) is 29.5 Å². The van der Waals surface area contributed by atoms with E-state index in [9.17, 15) is 9.90 Å². The van der Waals surface area contributed by atoms with E-state index in [1.165, 1.54) is 0 Å². The Bertz CT molecular complexity index is 2400. The third-order valence-corrected chi connectivity index (χ3v) is 10.9. The highest BCUT2D eigenvalue weighted by Crippen LogP contribution is 2.43. The van der Waals surface area contributed by atoms with E-state index in [1.54, 1.807) is 28.6 Å². The van der Waals surface area contributed by atoms with Crippen LogP contribution in [0.4, 0.5) is 10.5 Å². The Balaban J connectivity index is 0.919. The average Bonchev–Trinajstić information content (AvgIpc) is 3.76. The van der Waals surface area contributed by atoms with Crippen molar-refractivity contribution in [3.8, 4) is 28.3 Å². The summed E-state index contributed by atoms with van der Waals surface area (Å²) in [4.78, 5) is 12.8. The van der Waals surface area contributed by atoms with Gasteiger partial charge in [0.15, 0.2) is 6.29 Å². The topological polar surface area (TPSA) is 133 Å². The predicted molar refractivity (Wildman–Crippen MR) is 224 cm³/mol. The first-order valence-corrected chi connectivity index (χ1v) is 20.0. The van der Waals surface area contributed by atoms with E-state index in [-0.39, 0.29) is 30.8 Å². The van der Waals surface area contributed by atoms with Crippen LogP contribution in [0.25, 0.3) is 16.8 Å². The van der Waals surface area contributed by atoms with Gasteiger partial charge in [-0.2, -0.15) is 4.68 Å². The zero-order valence-electron chi connectivity index (χ0n) is 31.7. The first-order valence-electron chi connectivity index (χ1n) is 19.0. The summed E-state index contributed by atoms with van der Waals surface area (Å²) in [5.41, 5.74) is 7.30. The lowest BCUT2D eigenvalue weighted by atomic mass is 9.91. The van der Waals surface area contributed by atoms with Crippen molar-refractivity contribution >= 4 is 23.5 Å². The second-order valence-corrected chi connectivity index (χ2v) is 14.9. The maximum atomic E-state index is 12.8. The lowest BCUT2D eigenvalue weighted by Gasteiger charge is -2.41. The molecule has 11 nitrogen and oxygen atoms in total. The molecule has 1 aromatic heterocycles. The fourth-order valence-corrected chi connectivity index (χ4v) is 7.80. The molecule has 3 N–H and O–H groups in total. The van der Waals surface area contributed by atoms with Crippen molar-refractivity contribution in [3.63, 3.8) is 0 Å². The van der Waals surface area contributed by atoms with Crippen molar-refractivity contribution in [3.05, 3.63) is 180 Å². The molecule has 0 aliphatic carbocycles. The van der Waals surface area contributed by atoms with Gasteiger partial charge in [-0.1, -0.05) is 122 Å². The second kappa shape index (κ2) is 18.3. The summed E-state index contributed by atoms with van der Waals surface area (Å²) in [5.74, 6) is 2.04. The van der Waals surface area contributed by atoms with Crippen LogP contribution in [0.2, 0.25) is 0 Å². The lowest BCUT2D eigenvalue weighted by Crippen LogP contribution is -2.38. The molecule has 0 radical (unpaired) electrons. The van der Waals surface area contributed by atoms with Crippen LogP contribution in [0.5, 0.6) is 11.5 Å². The van der Waals surface area contributed by atoms with Gasteiger partial charge in [0.05, 0.1) is 24.5 Å². The minimum absolute atomic E-state index is 0.00237. The summed E-state index contributed by atoms with van der Waals surface area (Å²) in [6.45, 7) is 2.47. The van der Waals surface area contributed by atoms with Crippen LogP contribution in [0.3, 0.4) is 0 Å². The number of nitrogens with zero attached hydrogens (tertiary/aromatic N) is 4. The Kier molecular flexibility index (Phi) is 12.2. The average molecular weight is 791 g/mol. The third-order valence-electron chi connectivity index (χ3n) is 9.93. The molecule has 2 heterocycles. The number of tetrazole rings is 1. The van der Waals surface area contributed by atoms with Crippen LogP contribution in [0, 0.1) is 5.92 Å². The summed E-state index contributed by atoms with van der Waals surface area (Å²) in [5, 5.41) is 28.6. The van der Waals surface area contributed by atoms with E-state index < -0.39 is 6.29 Å². The van der Waals surface area contributed by atoms with Gasteiger partial charge in [0.1, 0.15) is 11.5 Å². The van der Waals surface area contributed by atoms with Gasteiger partial charge in [0.25, 0.3) is 0 Å². The van der Waals surface area contributed by atoms with Crippen molar-refractivity contribution in [2.45, 2.75) is 43.7 Å². The number of hydrogen-bond acceptors (Lipinski definition) is 9. The highest BCUT2D eigenvalue weighted by atomic mass is 32.2. The van der Waals surface area contributed by atoms with Crippen LogP contribution >= 0.6 is 11.8 Å². The van der Waals surface area contributed by atoms with Gasteiger partial charge in [-0.05, 0) is 92.8 Å². The number of ether oxygens (including phenoxy) is 3. The molecule has 292 valence electrons. The minimum atomic E-state index is -0.620. The zero-order chi connectivity index (χ0) is 39.7. The van der Waals surface area contributed by atoms with Crippen LogP contribution in [0.1, 0.15) is 41.6 Å². The van der Waals surface area contributed by atoms with E-state index in [1.807, 2.05) is 121 Å². The Morgan fingerprint density at radius 3 is 2.21 bits per heavy atom. The van der Waals surface area contributed by atoms with E-state index >= 15 is 0 Å². The molecule has 2 amide bonds. The monoisotopic (exact) mass is 790 g/mol. The first-order chi connectivity index (χ1) is 28.5. The van der Waals surface area contributed by atoms with Gasteiger partial charge >= 0.3 is 6.03 Å². The standard InChI is InChI=1S/C46H42N6O5S/c1-31-42(30-58-46-49-50-51-52(46)39-11-4-2-5-12-39)56-44(57-43(31)35-17-15-32(29-53)16-18-35)36-21-19-34(20-22-36)37-10-8-9-33(27-37)28-47-45(54)48-38-23-25-41(26-24-38)55-40-13-6-3-7-14-40/h2-27,31,42-44,53H,28-30H2,1H3,(H2,47,48,54). The Morgan fingerprint density at radius 1 is 0.759 bits per heavy atom. The number of para-hydroxylation sites is 2. The molecule has 1 aliphatic rings. The summed E-state index contributed by atoms with van der Waals surface area (Å²) < 4.78 is 21.0. The minimum Gasteiger partial charge on any atom is -0.457 e. The smallest absolute Gasteiger partial charge is 0.319 e. The van der Waals surface area contributed by atoms with Gasteiger partial charge in [-0.3, -0.25) is 0 Å². The molecular weight excluding hydrogens is 749 g/mol. The van der Waals surface area contributed by atoms with E-state index in [2.05, 4.69) is 57.3 Å². The number of aromatic nitrogens is 4. The second-order valence-electron chi connectivity index (χ2n) is 13.9. The molecule has 1 saturated heterocycles. The molecule has 0 spiro atoms. The summed E-state index contributed by atoms with van der Waals surface area (Å²) in [6, 6.07) is 50.5. The number of carbonyl (C=O) groups is 1. The molecule has 4 atom stereocenters. The largest absolute Gasteiger partial charge is 0.457 e. The van der Waals surface area contributed by atoms with E-state index in [0.29, 0.717) is 28.9 Å². The molecule has 12 heteroatoms. The van der Waals surface area contributed by atoms with Crippen molar-refractivity contribution in [1.82, 2.24) is 25.5 Å².